The Balaban J connectivity index is 1.60. The second-order valence-electron chi connectivity index (χ2n) is 5.22. The number of hydrogen-bond donors (Lipinski definition) is 1. The van der Waals surface area contributed by atoms with E-state index in [9.17, 15) is 12.8 Å². The molecule has 22 heavy (non-hydrogen) atoms. The van der Waals surface area contributed by atoms with Gasteiger partial charge in [0.1, 0.15) is 5.82 Å². The fourth-order valence-electron chi connectivity index (χ4n) is 2.65. The molecule has 116 valence electrons. The maximum absolute atomic E-state index is 12.9. The van der Waals surface area contributed by atoms with E-state index < -0.39 is 15.8 Å². The van der Waals surface area contributed by atoms with Crippen LogP contribution in [-0.2, 0) is 16.4 Å². The molecular weight excluding hydrogens is 303 g/mol. The van der Waals surface area contributed by atoms with Crippen LogP contribution in [0.3, 0.4) is 0 Å². The van der Waals surface area contributed by atoms with Crippen LogP contribution in [0.15, 0.2) is 53.4 Å². The Morgan fingerprint density at radius 3 is 2.59 bits per heavy atom. The minimum Gasteiger partial charge on any atom is -0.370 e. The Hall–Kier alpha value is -1.92. The van der Waals surface area contributed by atoms with Gasteiger partial charge in [0, 0.05) is 25.3 Å². The van der Waals surface area contributed by atoms with Crippen molar-refractivity contribution in [1.82, 2.24) is 4.72 Å². The van der Waals surface area contributed by atoms with E-state index in [1.54, 1.807) is 0 Å². The van der Waals surface area contributed by atoms with Gasteiger partial charge in [-0.15, -0.1) is 0 Å². The molecule has 1 N–H and O–H groups in total. The van der Waals surface area contributed by atoms with E-state index in [1.165, 1.54) is 23.4 Å². The Morgan fingerprint density at radius 2 is 1.82 bits per heavy atom. The number of rotatable bonds is 5. The summed E-state index contributed by atoms with van der Waals surface area (Å²) in [7, 11) is -3.59. The molecule has 0 aliphatic carbocycles. The maximum Gasteiger partial charge on any atom is 0.240 e. The van der Waals surface area contributed by atoms with Crippen molar-refractivity contribution in [2.24, 2.45) is 0 Å². The summed E-state index contributed by atoms with van der Waals surface area (Å²) in [6, 6.07) is 13.0. The van der Waals surface area contributed by atoms with Crippen LogP contribution in [0.25, 0.3) is 0 Å². The Labute approximate surface area is 129 Å². The minimum absolute atomic E-state index is 0.0794. The molecule has 0 atom stereocenters. The van der Waals surface area contributed by atoms with Gasteiger partial charge >= 0.3 is 0 Å². The SMILES string of the molecule is O=S(=O)(NCCN1CCc2ccccc21)c1ccc(F)cc1. The van der Waals surface area contributed by atoms with Crippen molar-refractivity contribution in [2.45, 2.75) is 11.3 Å². The lowest BCUT2D eigenvalue weighted by Gasteiger charge is -2.19. The molecule has 1 aliphatic rings. The van der Waals surface area contributed by atoms with E-state index >= 15 is 0 Å². The van der Waals surface area contributed by atoms with Crippen molar-refractivity contribution < 1.29 is 12.8 Å². The van der Waals surface area contributed by atoms with Gasteiger partial charge in [0.15, 0.2) is 0 Å². The summed E-state index contributed by atoms with van der Waals surface area (Å²) in [4.78, 5) is 2.25. The third-order valence-corrected chi connectivity index (χ3v) is 5.26. The summed E-state index contributed by atoms with van der Waals surface area (Å²) in [6.45, 7) is 1.82. The molecule has 0 bridgehead atoms. The second kappa shape index (κ2) is 6.06. The highest BCUT2D eigenvalue weighted by Crippen LogP contribution is 2.26. The minimum atomic E-state index is -3.59. The van der Waals surface area contributed by atoms with Gasteiger partial charge in [-0.3, -0.25) is 0 Å². The van der Waals surface area contributed by atoms with Gasteiger partial charge in [0.05, 0.1) is 4.90 Å². The van der Waals surface area contributed by atoms with Gasteiger partial charge in [-0.2, -0.15) is 0 Å². The fourth-order valence-corrected chi connectivity index (χ4v) is 3.67. The lowest BCUT2D eigenvalue weighted by atomic mass is 10.2. The van der Waals surface area contributed by atoms with Gasteiger partial charge in [-0.05, 0) is 42.3 Å². The highest BCUT2D eigenvalue weighted by molar-refractivity contribution is 7.89. The Kier molecular flexibility index (Phi) is 4.13. The summed E-state index contributed by atoms with van der Waals surface area (Å²) in [6.07, 6.45) is 0.987. The number of para-hydroxylation sites is 1. The first kappa shape index (κ1) is 15.0. The largest absolute Gasteiger partial charge is 0.370 e. The highest BCUT2D eigenvalue weighted by Gasteiger charge is 2.19. The molecule has 0 amide bonds. The molecule has 6 heteroatoms. The fraction of sp³-hybridized carbons (Fsp3) is 0.250. The molecule has 2 aromatic carbocycles. The van der Waals surface area contributed by atoms with E-state index in [0.717, 1.165) is 25.1 Å². The van der Waals surface area contributed by atoms with Crippen LogP contribution in [0.1, 0.15) is 5.56 Å². The lowest BCUT2D eigenvalue weighted by Crippen LogP contribution is -2.34. The van der Waals surface area contributed by atoms with E-state index in [0.29, 0.717) is 13.1 Å². The molecule has 4 nitrogen and oxygen atoms in total. The summed E-state index contributed by atoms with van der Waals surface area (Å²) in [5.41, 5.74) is 2.47. The molecule has 2 aromatic rings. The number of anilines is 1. The van der Waals surface area contributed by atoms with E-state index in [2.05, 4.69) is 21.8 Å². The predicted molar refractivity (Wildman–Crippen MR) is 83.9 cm³/mol. The number of benzene rings is 2. The maximum atomic E-state index is 12.9. The molecule has 1 heterocycles. The first-order valence-electron chi connectivity index (χ1n) is 7.14. The summed E-state index contributed by atoms with van der Waals surface area (Å²) >= 11 is 0. The molecule has 0 unspecified atom stereocenters. The van der Waals surface area contributed by atoms with E-state index in [-0.39, 0.29) is 4.90 Å². The molecular formula is C16H17FN2O2S. The van der Waals surface area contributed by atoms with Gasteiger partial charge < -0.3 is 4.90 Å². The zero-order valence-electron chi connectivity index (χ0n) is 12.0. The first-order chi connectivity index (χ1) is 10.6. The Morgan fingerprint density at radius 1 is 1.09 bits per heavy atom. The lowest BCUT2D eigenvalue weighted by molar-refractivity contribution is 0.580. The van der Waals surface area contributed by atoms with Crippen LogP contribution in [0, 0.1) is 5.82 Å². The first-order valence-corrected chi connectivity index (χ1v) is 8.63. The molecule has 0 radical (unpaired) electrons. The van der Waals surface area contributed by atoms with Gasteiger partial charge in [-0.1, -0.05) is 18.2 Å². The average Bonchev–Trinajstić information content (AvgIpc) is 2.91. The van der Waals surface area contributed by atoms with Crippen LogP contribution in [0.4, 0.5) is 10.1 Å². The zero-order valence-corrected chi connectivity index (χ0v) is 12.8. The highest BCUT2D eigenvalue weighted by atomic mass is 32.2. The van der Waals surface area contributed by atoms with Gasteiger partial charge in [0.25, 0.3) is 0 Å². The molecule has 0 fully saturated rings. The number of nitrogens with zero attached hydrogens (tertiary/aromatic N) is 1. The smallest absolute Gasteiger partial charge is 0.240 e. The van der Waals surface area contributed by atoms with Crippen molar-refractivity contribution >= 4 is 15.7 Å². The zero-order chi connectivity index (χ0) is 15.6. The monoisotopic (exact) mass is 320 g/mol. The van der Waals surface area contributed by atoms with Crippen LogP contribution < -0.4 is 9.62 Å². The van der Waals surface area contributed by atoms with Crippen LogP contribution in [0.5, 0.6) is 0 Å². The van der Waals surface area contributed by atoms with E-state index in [1.807, 2.05) is 12.1 Å². The number of sulfonamides is 1. The van der Waals surface area contributed by atoms with Crippen molar-refractivity contribution in [3.05, 3.63) is 59.9 Å². The molecule has 0 saturated heterocycles. The van der Waals surface area contributed by atoms with E-state index in [4.69, 9.17) is 0 Å². The third-order valence-electron chi connectivity index (χ3n) is 3.78. The van der Waals surface area contributed by atoms with Crippen molar-refractivity contribution in [2.75, 3.05) is 24.5 Å². The topological polar surface area (TPSA) is 49.4 Å². The molecule has 0 saturated carbocycles. The van der Waals surface area contributed by atoms with Crippen LogP contribution >= 0.6 is 0 Å². The van der Waals surface area contributed by atoms with Gasteiger partial charge in [0.2, 0.25) is 10.0 Å². The van der Waals surface area contributed by atoms with Gasteiger partial charge in [-0.25, -0.2) is 17.5 Å². The van der Waals surface area contributed by atoms with Crippen molar-refractivity contribution in [1.29, 1.82) is 0 Å². The Bertz CT molecular complexity index is 760. The number of halogens is 1. The number of nitrogens with one attached hydrogen (secondary N) is 1. The quantitative estimate of drug-likeness (QED) is 0.918. The van der Waals surface area contributed by atoms with Crippen LogP contribution in [0.2, 0.25) is 0 Å². The van der Waals surface area contributed by atoms with Crippen molar-refractivity contribution in [3.63, 3.8) is 0 Å². The normalized spacial score (nSPS) is 14.1. The molecule has 0 spiro atoms. The predicted octanol–water partition coefficient (Wildman–Crippen LogP) is 2.17. The second-order valence-corrected chi connectivity index (χ2v) is 6.98. The number of hydrogen-bond acceptors (Lipinski definition) is 3. The average molecular weight is 320 g/mol. The van der Waals surface area contributed by atoms with Crippen LogP contribution in [-0.4, -0.2) is 28.1 Å². The molecule has 0 aromatic heterocycles. The summed E-state index contributed by atoms with van der Waals surface area (Å²) in [5.74, 6) is -0.451. The summed E-state index contributed by atoms with van der Waals surface area (Å²) in [5, 5.41) is 0. The standard InChI is InChI=1S/C16H17FN2O2S/c17-14-5-7-15(8-6-14)22(20,21)18-10-12-19-11-9-13-3-1-2-4-16(13)19/h1-8,18H,9-12H2. The molecule has 3 rings (SSSR count). The third kappa shape index (κ3) is 3.13. The van der Waals surface area contributed by atoms with Crippen molar-refractivity contribution in [3.8, 4) is 0 Å². The molecule has 1 aliphatic heterocycles. The number of fused-ring (bicyclic) bond motifs is 1. The summed E-state index contributed by atoms with van der Waals surface area (Å²) < 4.78 is 39.6.